The van der Waals surface area contributed by atoms with Gasteiger partial charge in [-0.2, -0.15) is 0 Å². The minimum Gasteiger partial charge on any atom is -0.392 e. The first kappa shape index (κ1) is 14.8. The van der Waals surface area contributed by atoms with Gasteiger partial charge in [0, 0.05) is 5.92 Å². The molecular formula is C21H22O. The molecule has 2 unspecified atom stereocenters. The topological polar surface area (TPSA) is 20.2 Å². The average molecular weight is 290 g/mol. The standard InChI is InChI=1S/C21H22O/c1-14(2)17-8-4-6-10-19(17)21(15(3)22)20-11-7-5-9-18(20)16-12-13-16/h4-12,15,21-22H,1,13H2,2-3H3. The van der Waals surface area contributed by atoms with Gasteiger partial charge in [-0.05, 0) is 48.1 Å². The summed E-state index contributed by atoms with van der Waals surface area (Å²) in [6, 6.07) is 16.7. The maximum atomic E-state index is 10.5. The fourth-order valence-electron chi connectivity index (χ4n) is 3.18. The van der Waals surface area contributed by atoms with Crippen molar-refractivity contribution in [1.29, 1.82) is 0 Å². The molecule has 0 heterocycles. The lowest BCUT2D eigenvalue weighted by atomic mass is 9.81. The van der Waals surface area contributed by atoms with Crippen LogP contribution >= 0.6 is 0 Å². The van der Waals surface area contributed by atoms with Crippen LogP contribution < -0.4 is 0 Å². The molecular weight excluding hydrogens is 268 g/mol. The van der Waals surface area contributed by atoms with E-state index in [2.05, 4.69) is 49.1 Å². The van der Waals surface area contributed by atoms with Crippen molar-refractivity contribution in [2.75, 3.05) is 0 Å². The molecule has 2 aromatic carbocycles. The molecule has 0 saturated heterocycles. The molecule has 22 heavy (non-hydrogen) atoms. The second-order valence-corrected chi connectivity index (χ2v) is 6.11. The van der Waals surface area contributed by atoms with Gasteiger partial charge in [0.25, 0.3) is 0 Å². The summed E-state index contributed by atoms with van der Waals surface area (Å²) in [5.41, 5.74) is 7.17. The second kappa shape index (κ2) is 5.94. The smallest absolute Gasteiger partial charge is 0.0621 e. The normalized spacial score (nSPS) is 15.9. The molecule has 1 nitrogen and oxygen atoms in total. The Hall–Kier alpha value is -2.12. The van der Waals surface area contributed by atoms with Crippen molar-refractivity contribution in [1.82, 2.24) is 0 Å². The van der Waals surface area contributed by atoms with Crippen molar-refractivity contribution >= 4 is 11.1 Å². The monoisotopic (exact) mass is 290 g/mol. The maximum Gasteiger partial charge on any atom is 0.0621 e. The lowest BCUT2D eigenvalue weighted by Crippen LogP contribution is -2.18. The molecule has 1 heteroatoms. The van der Waals surface area contributed by atoms with Gasteiger partial charge in [-0.3, -0.25) is 0 Å². The number of aliphatic hydroxyl groups is 1. The summed E-state index contributed by atoms with van der Waals surface area (Å²) in [6.07, 6.45) is 2.84. The van der Waals surface area contributed by atoms with Crippen molar-refractivity contribution in [2.24, 2.45) is 0 Å². The van der Waals surface area contributed by atoms with Gasteiger partial charge in [-0.1, -0.05) is 66.8 Å². The number of rotatable bonds is 5. The third-order valence-corrected chi connectivity index (χ3v) is 4.29. The molecule has 1 N–H and O–H groups in total. The highest BCUT2D eigenvalue weighted by molar-refractivity contribution is 5.80. The Labute approximate surface area is 132 Å². The van der Waals surface area contributed by atoms with Gasteiger partial charge in [0.15, 0.2) is 0 Å². The van der Waals surface area contributed by atoms with Gasteiger partial charge in [0.1, 0.15) is 0 Å². The van der Waals surface area contributed by atoms with Crippen LogP contribution in [0.1, 0.15) is 48.4 Å². The Balaban J connectivity index is 2.17. The van der Waals surface area contributed by atoms with Gasteiger partial charge >= 0.3 is 0 Å². The predicted octanol–water partition coefficient (Wildman–Crippen LogP) is 5.02. The summed E-state index contributed by atoms with van der Waals surface area (Å²) in [5.74, 6) is -0.0365. The van der Waals surface area contributed by atoms with Crippen LogP contribution in [0.5, 0.6) is 0 Å². The third-order valence-electron chi connectivity index (χ3n) is 4.29. The molecule has 0 fully saturated rings. The minimum absolute atomic E-state index is 0.0365. The van der Waals surface area contributed by atoms with E-state index in [1.807, 2.05) is 26.0 Å². The summed E-state index contributed by atoms with van der Waals surface area (Å²) in [7, 11) is 0. The zero-order valence-electron chi connectivity index (χ0n) is 13.2. The summed E-state index contributed by atoms with van der Waals surface area (Å²) >= 11 is 0. The van der Waals surface area contributed by atoms with Crippen LogP contribution in [0.15, 0.2) is 61.2 Å². The Morgan fingerprint density at radius 2 is 1.64 bits per heavy atom. The van der Waals surface area contributed by atoms with Crippen LogP contribution in [-0.4, -0.2) is 11.2 Å². The van der Waals surface area contributed by atoms with E-state index in [1.54, 1.807) is 0 Å². The molecule has 112 valence electrons. The average Bonchev–Trinajstić information content (AvgIpc) is 3.33. The minimum atomic E-state index is -0.457. The van der Waals surface area contributed by atoms with Gasteiger partial charge in [-0.25, -0.2) is 0 Å². The van der Waals surface area contributed by atoms with Crippen LogP contribution in [0.3, 0.4) is 0 Å². The van der Waals surface area contributed by atoms with E-state index in [9.17, 15) is 5.11 Å². The number of allylic oxidation sites excluding steroid dienone is 3. The first-order valence-corrected chi connectivity index (χ1v) is 7.80. The number of hydrogen-bond donors (Lipinski definition) is 1. The van der Waals surface area contributed by atoms with E-state index in [-0.39, 0.29) is 5.92 Å². The van der Waals surface area contributed by atoms with Gasteiger partial charge in [0.05, 0.1) is 6.10 Å². The highest BCUT2D eigenvalue weighted by atomic mass is 16.3. The number of benzene rings is 2. The molecule has 2 aromatic rings. The van der Waals surface area contributed by atoms with Crippen LogP contribution in [0.4, 0.5) is 0 Å². The second-order valence-electron chi connectivity index (χ2n) is 6.11. The molecule has 0 saturated carbocycles. The number of aliphatic hydroxyl groups excluding tert-OH is 1. The summed E-state index contributed by atoms with van der Waals surface area (Å²) < 4.78 is 0. The molecule has 2 atom stereocenters. The molecule has 1 aliphatic carbocycles. The molecule has 0 radical (unpaired) electrons. The third kappa shape index (κ3) is 2.77. The lowest BCUT2D eigenvalue weighted by Gasteiger charge is -2.25. The molecule has 1 aliphatic rings. The Bertz CT molecular complexity index is 692. The molecule has 0 aliphatic heterocycles. The first-order valence-electron chi connectivity index (χ1n) is 7.80. The van der Waals surface area contributed by atoms with Crippen LogP contribution in [-0.2, 0) is 0 Å². The fourth-order valence-corrected chi connectivity index (χ4v) is 3.18. The Morgan fingerprint density at radius 3 is 2.23 bits per heavy atom. The highest BCUT2D eigenvalue weighted by Crippen LogP contribution is 2.40. The molecule has 0 bridgehead atoms. The van der Waals surface area contributed by atoms with Crippen LogP contribution in [0.2, 0.25) is 0 Å². The van der Waals surface area contributed by atoms with Crippen molar-refractivity contribution < 1.29 is 5.11 Å². The molecule has 3 rings (SSSR count). The first-order chi connectivity index (χ1) is 10.6. The Kier molecular flexibility index (Phi) is 4.00. The fraction of sp³-hybridized carbons (Fsp3) is 0.238. The Morgan fingerprint density at radius 1 is 1.05 bits per heavy atom. The van der Waals surface area contributed by atoms with E-state index < -0.39 is 6.10 Å². The molecule has 0 aromatic heterocycles. The van der Waals surface area contributed by atoms with E-state index in [4.69, 9.17) is 0 Å². The predicted molar refractivity (Wildman–Crippen MR) is 93.7 cm³/mol. The van der Waals surface area contributed by atoms with Gasteiger partial charge in [-0.15, -0.1) is 0 Å². The van der Waals surface area contributed by atoms with Crippen molar-refractivity contribution in [3.8, 4) is 0 Å². The van der Waals surface area contributed by atoms with Gasteiger partial charge < -0.3 is 5.11 Å². The van der Waals surface area contributed by atoms with E-state index in [0.717, 1.165) is 23.1 Å². The quantitative estimate of drug-likeness (QED) is 0.819. The zero-order chi connectivity index (χ0) is 15.7. The molecule has 0 amide bonds. The molecule has 0 spiro atoms. The van der Waals surface area contributed by atoms with E-state index in [0.29, 0.717) is 0 Å². The summed E-state index contributed by atoms with van der Waals surface area (Å²) in [6.45, 7) is 7.99. The van der Waals surface area contributed by atoms with Crippen LogP contribution in [0, 0.1) is 0 Å². The van der Waals surface area contributed by atoms with Gasteiger partial charge in [0.2, 0.25) is 0 Å². The van der Waals surface area contributed by atoms with Crippen molar-refractivity contribution in [3.63, 3.8) is 0 Å². The van der Waals surface area contributed by atoms with Crippen molar-refractivity contribution in [3.05, 3.63) is 83.4 Å². The summed E-state index contributed by atoms with van der Waals surface area (Å²) in [5, 5.41) is 10.5. The maximum absolute atomic E-state index is 10.5. The zero-order valence-corrected chi connectivity index (χ0v) is 13.2. The number of hydrogen-bond acceptors (Lipinski definition) is 1. The highest BCUT2D eigenvalue weighted by Gasteiger charge is 2.26. The summed E-state index contributed by atoms with van der Waals surface area (Å²) in [4.78, 5) is 0. The largest absolute Gasteiger partial charge is 0.392 e. The van der Waals surface area contributed by atoms with Crippen molar-refractivity contribution in [2.45, 2.75) is 32.3 Å². The lowest BCUT2D eigenvalue weighted by molar-refractivity contribution is 0.176. The van der Waals surface area contributed by atoms with Crippen LogP contribution in [0.25, 0.3) is 11.1 Å². The SMILES string of the molecule is C=C(C)c1ccccc1C(c1ccccc1C1=CC1)C(C)O. The van der Waals surface area contributed by atoms with E-state index >= 15 is 0 Å². The van der Waals surface area contributed by atoms with E-state index in [1.165, 1.54) is 16.7 Å².